The van der Waals surface area contributed by atoms with Gasteiger partial charge in [0.1, 0.15) is 0 Å². The van der Waals surface area contributed by atoms with Crippen molar-refractivity contribution in [3.8, 4) is 0 Å². The van der Waals surface area contributed by atoms with E-state index < -0.39 is 10.0 Å². The molecule has 0 spiro atoms. The van der Waals surface area contributed by atoms with Gasteiger partial charge in [0.05, 0.1) is 10.6 Å². The van der Waals surface area contributed by atoms with Gasteiger partial charge in [-0.1, -0.05) is 29.2 Å². The molecule has 1 heterocycles. The molecule has 0 saturated carbocycles. The molecule has 0 aliphatic carbocycles. The third-order valence-corrected chi connectivity index (χ3v) is 6.66. The number of nitrogens with zero attached hydrogens (tertiary/aromatic N) is 2. The van der Waals surface area contributed by atoms with Crippen LogP contribution in [0.25, 0.3) is 0 Å². The number of rotatable bonds is 8. The molecule has 0 fully saturated rings. The molecule has 11 heteroatoms. The summed E-state index contributed by atoms with van der Waals surface area (Å²) >= 11 is 2.65. The number of carbonyl (C=O) groups is 1. The fraction of sp³-hybridized carbons (Fsp3) is 0.357. The zero-order valence-corrected chi connectivity index (χ0v) is 16.4. The summed E-state index contributed by atoms with van der Waals surface area (Å²) in [6.45, 7) is 4.42. The van der Waals surface area contributed by atoms with Crippen LogP contribution in [0.5, 0.6) is 0 Å². The third-order valence-electron chi connectivity index (χ3n) is 3.09. The van der Waals surface area contributed by atoms with Crippen molar-refractivity contribution in [3.05, 3.63) is 23.8 Å². The Labute approximate surface area is 154 Å². The van der Waals surface area contributed by atoms with E-state index in [4.69, 9.17) is 0 Å². The fourth-order valence-electron chi connectivity index (χ4n) is 1.89. The SMILES string of the molecule is CCNc1nnc(SCC(=O)Nc2ccc(C)c(S(=O)(=O)NC)c2)s1. The summed E-state index contributed by atoms with van der Waals surface area (Å²) in [6, 6.07) is 4.76. The van der Waals surface area contributed by atoms with Gasteiger partial charge in [0.2, 0.25) is 21.1 Å². The van der Waals surface area contributed by atoms with Gasteiger partial charge in [-0.15, -0.1) is 10.2 Å². The number of aryl methyl sites for hydroxylation is 1. The van der Waals surface area contributed by atoms with E-state index in [0.29, 0.717) is 20.7 Å². The molecular formula is C14H19N5O3S3. The highest BCUT2D eigenvalue weighted by Crippen LogP contribution is 2.25. The summed E-state index contributed by atoms with van der Waals surface area (Å²) in [4.78, 5) is 12.2. The van der Waals surface area contributed by atoms with Crippen molar-refractivity contribution >= 4 is 49.8 Å². The first-order valence-corrected chi connectivity index (χ1v) is 10.7. The molecule has 0 saturated heterocycles. The Kier molecular flexibility index (Phi) is 6.76. The predicted octanol–water partition coefficient (Wildman–Crippen LogP) is 1.92. The van der Waals surface area contributed by atoms with Gasteiger partial charge < -0.3 is 10.6 Å². The van der Waals surface area contributed by atoms with Crippen LogP contribution in [0.3, 0.4) is 0 Å². The molecule has 2 rings (SSSR count). The largest absolute Gasteiger partial charge is 0.360 e. The van der Waals surface area contributed by atoms with E-state index in [1.165, 1.54) is 36.2 Å². The summed E-state index contributed by atoms with van der Waals surface area (Å²) in [5.74, 6) is -0.0928. The van der Waals surface area contributed by atoms with Gasteiger partial charge in [-0.3, -0.25) is 4.79 Å². The zero-order chi connectivity index (χ0) is 18.4. The number of hydrogen-bond acceptors (Lipinski definition) is 8. The first kappa shape index (κ1) is 19.6. The highest BCUT2D eigenvalue weighted by Gasteiger charge is 2.16. The van der Waals surface area contributed by atoms with E-state index >= 15 is 0 Å². The van der Waals surface area contributed by atoms with Gasteiger partial charge in [-0.05, 0) is 38.6 Å². The van der Waals surface area contributed by atoms with Crippen molar-refractivity contribution in [1.29, 1.82) is 0 Å². The Morgan fingerprint density at radius 2 is 2.08 bits per heavy atom. The smallest absolute Gasteiger partial charge is 0.240 e. The highest BCUT2D eigenvalue weighted by atomic mass is 32.2. The summed E-state index contributed by atoms with van der Waals surface area (Å²) in [6.07, 6.45) is 0. The molecule has 0 radical (unpaired) electrons. The summed E-state index contributed by atoms with van der Waals surface area (Å²) < 4.78 is 26.9. The van der Waals surface area contributed by atoms with Crippen LogP contribution in [0.15, 0.2) is 27.4 Å². The average Bonchev–Trinajstić information content (AvgIpc) is 3.02. The molecule has 1 aromatic heterocycles. The molecular weight excluding hydrogens is 382 g/mol. The van der Waals surface area contributed by atoms with E-state index in [0.717, 1.165) is 6.54 Å². The van der Waals surface area contributed by atoms with Crippen molar-refractivity contribution in [2.75, 3.05) is 30.0 Å². The van der Waals surface area contributed by atoms with Crippen molar-refractivity contribution in [2.24, 2.45) is 0 Å². The number of sulfonamides is 1. The van der Waals surface area contributed by atoms with Crippen molar-refractivity contribution in [2.45, 2.75) is 23.1 Å². The molecule has 0 unspecified atom stereocenters. The Morgan fingerprint density at radius 1 is 1.32 bits per heavy atom. The predicted molar refractivity (Wildman–Crippen MR) is 101 cm³/mol. The normalized spacial score (nSPS) is 11.3. The molecule has 0 atom stereocenters. The molecule has 0 aliphatic heterocycles. The quantitative estimate of drug-likeness (QED) is 0.579. The third kappa shape index (κ3) is 5.39. The minimum absolute atomic E-state index is 0.139. The molecule has 1 amide bonds. The first-order chi connectivity index (χ1) is 11.9. The van der Waals surface area contributed by atoms with E-state index in [9.17, 15) is 13.2 Å². The molecule has 0 bridgehead atoms. The second-order valence-electron chi connectivity index (χ2n) is 4.93. The first-order valence-electron chi connectivity index (χ1n) is 7.40. The van der Waals surface area contributed by atoms with E-state index in [1.807, 2.05) is 6.92 Å². The summed E-state index contributed by atoms with van der Waals surface area (Å²) in [7, 11) is -2.23. The molecule has 25 heavy (non-hydrogen) atoms. The summed E-state index contributed by atoms with van der Waals surface area (Å²) in [5.41, 5.74) is 1.03. The average molecular weight is 402 g/mol. The maximum Gasteiger partial charge on any atom is 0.240 e. The van der Waals surface area contributed by atoms with Crippen molar-refractivity contribution in [1.82, 2.24) is 14.9 Å². The molecule has 8 nitrogen and oxygen atoms in total. The number of aromatic nitrogens is 2. The molecule has 3 N–H and O–H groups in total. The van der Waals surface area contributed by atoms with Crippen LogP contribution >= 0.6 is 23.1 Å². The number of thioether (sulfide) groups is 1. The van der Waals surface area contributed by atoms with Crippen molar-refractivity contribution in [3.63, 3.8) is 0 Å². The van der Waals surface area contributed by atoms with Crippen LogP contribution < -0.4 is 15.4 Å². The lowest BCUT2D eigenvalue weighted by atomic mass is 10.2. The maximum absolute atomic E-state index is 12.1. The number of carbonyl (C=O) groups excluding carboxylic acids is 1. The number of anilines is 2. The standard InChI is InChI=1S/C14H19N5O3S3/c1-4-16-13-18-19-14(24-13)23-8-12(20)17-10-6-5-9(2)11(7-10)25(21,22)15-3/h5-7,15H,4,8H2,1-3H3,(H,16,18)(H,17,20). The van der Waals surface area contributed by atoms with Gasteiger partial charge in [0.25, 0.3) is 0 Å². The Bertz CT molecular complexity index is 851. The zero-order valence-electron chi connectivity index (χ0n) is 14.0. The second kappa shape index (κ2) is 8.61. The van der Waals surface area contributed by atoms with Crippen molar-refractivity contribution < 1.29 is 13.2 Å². The van der Waals surface area contributed by atoms with E-state index in [-0.39, 0.29) is 16.6 Å². The number of hydrogen-bond donors (Lipinski definition) is 3. The molecule has 2 aromatic rings. The lowest BCUT2D eigenvalue weighted by Crippen LogP contribution is -2.20. The van der Waals surface area contributed by atoms with Gasteiger partial charge in [-0.2, -0.15) is 0 Å². The Hall–Kier alpha value is -1.69. The molecule has 136 valence electrons. The van der Waals surface area contributed by atoms with Gasteiger partial charge >= 0.3 is 0 Å². The lowest BCUT2D eigenvalue weighted by Gasteiger charge is -2.10. The monoisotopic (exact) mass is 401 g/mol. The van der Waals surface area contributed by atoms with Crippen LogP contribution in [-0.2, 0) is 14.8 Å². The number of amides is 1. The fourth-order valence-corrected chi connectivity index (χ4v) is 4.51. The van der Waals surface area contributed by atoms with Gasteiger partial charge in [0.15, 0.2) is 4.34 Å². The van der Waals surface area contributed by atoms with Crippen LogP contribution in [0.1, 0.15) is 12.5 Å². The van der Waals surface area contributed by atoms with E-state index in [1.54, 1.807) is 19.1 Å². The van der Waals surface area contributed by atoms with Crippen LogP contribution in [-0.4, -0.2) is 43.9 Å². The topological polar surface area (TPSA) is 113 Å². The van der Waals surface area contributed by atoms with E-state index in [2.05, 4.69) is 25.6 Å². The minimum Gasteiger partial charge on any atom is -0.360 e. The maximum atomic E-state index is 12.1. The van der Waals surface area contributed by atoms with Crippen LogP contribution in [0.2, 0.25) is 0 Å². The lowest BCUT2D eigenvalue weighted by molar-refractivity contribution is -0.113. The van der Waals surface area contributed by atoms with Gasteiger partial charge in [-0.25, -0.2) is 13.1 Å². The molecule has 0 aliphatic rings. The number of nitrogens with one attached hydrogen (secondary N) is 3. The second-order valence-corrected chi connectivity index (χ2v) is 8.98. The Morgan fingerprint density at radius 3 is 2.76 bits per heavy atom. The van der Waals surface area contributed by atoms with Crippen LogP contribution in [0, 0.1) is 6.92 Å². The summed E-state index contributed by atoms with van der Waals surface area (Å²) in [5, 5.41) is 14.4. The minimum atomic E-state index is -3.58. The number of benzene rings is 1. The molecule has 1 aromatic carbocycles. The Balaban J connectivity index is 1.99. The highest BCUT2D eigenvalue weighted by molar-refractivity contribution is 8.01. The van der Waals surface area contributed by atoms with Gasteiger partial charge in [0, 0.05) is 12.2 Å². The van der Waals surface area contributed by atoms with Crippen LogP contribution in [0.4, 0.5) is 10.8 Å².